The molecule has 1 aliphatic rings. The van der Waals surface area contributed by atoms with E-state index in [1.165, 1.54) is 18.4 Å². The zero-order valence-corrected chi connectivity index (χ0v) is 13.4. The Labute approximate surface area is 130 Å². The minimum Gasteiger partial charge on any atom is -0.340 e. The van der Waals surface area contributed by atoms with E-state index in [0.717, 1.165) is 22.9 Å². The summed E-state index contributed by atoms with van der Waals surface area (Å²) in [7, 11) is 0. The molecule has 110 valence electrons. The maximum Gasteiger partial charge on any atom is 0.138 e. The quantitative estimate of drug-likeness (QED) is 0.790. The molecule has 0 amide bonds. The first-order valence-electron chi connectivity index (χ1n) is 7.45. The molecular weight excluding hydrogens is 282 g/mol. The van der Waals surface area contributed by atoms with Crippen LogP contribution in [0.15, 0.2) is 24.3 Å². The molecule has 3 rings (SSSR count). The van der Waals surface area contributed by atoms with E-state index in [4.69, 9.17) is 11.6 Å². The molecule has 0 bridgehead atoms. The lowest BCUT2D eigenvalue weighted by molar-refractivity contribution is 0.867. The standard InChI is InChI=1S/C17H20ClN3/c1-10(2)12-6-8-14(9-7-12)19-16-11(3)15(18)20-17(21-16)13-4-5-13/h6-10,13H,4-5H2,1-3H3,(H,19,20,21). The predicted octanol–water partition coefficient (Wildman–Crippen LogP) is 5.18. The summed E-state index contributed by atoms with van der Waals surface area (Å²) in [5.74, 6) is 2.71. The summed E-state index contributed by atoms with van der Waals surface area (Å²) in [5, 5.41) is 3.92. The molecule has 1 fully saturated rings. The second-order valence-electron chi connectivity index (χ2n) is 6.02. The first-order valence-corrected chi connectivity index (χ1v) is 7.83. The Kier molecular flexibility index (Phi) is 3.85. The number of nitrogens with one attached hydrogen (secondary N) is 1. The van der Waals surface area contributed by atoms with Crippen LogP contribution < -0.4 is 5.32 Å². The number of hydrogen-bond acceptors (Lipinski definition) is 3. The molecular formula is C17H20ClN3. The van der Waals surface area contributed by atoms with Gasteiger partial charge in [0.25, 0.3) is 0 Å². The number of hydrogen-bond donors (Lipinski definition) is 1. The van der Waals surface area contributed by atoms with Gasteiger partial charge in [0.15, 0.2) is 0 Å². The van der Waals surface area contributed by atoms with Crippen molar-refractivity contribution in [3.8, 4) is 0 Å². The molecule has 0 atom stereocenters. The second kappa shape index (κ2) is 5.64. The van der Waals surface area contributed by atoms with Crippen LogP contribution in [0.3, 0.4) is 0 Å². The van der Waals surface area contributed by atoms with E-state index < -0.39 is 0 Å². The van der Waals surface area contributed by atoms with Crippen molar-refractivity contribution in [2.75, 3.05) is 5.32 Å². The van der Waals surface area contributed by atoms with Crippen LogP contribution in [0.1, 0.15) is 55.5 Å². The molecule has 3 nitrogen and oxygen atoms in total. The van der Waals surface area contributed by atoms with Gasteiger partial charge in [-0.1, -0.05) is 37.6 Å². The summed E-state index contributed by atoms with van der Waals surface area (Å²) >= 11 is 6.23. The van der Waals surface area contributed by atoms with Gasteiger partial charge in [-0.25, -0.2) is 9.97 Å². The highest BCUT2D eigenvalue weighted by Gasteiger charge is 2.28. The van der Waals surface area contributed by atoms with Gasteiger partial charge < -0.3 is 5.32 Å². The minimum absolute atomic E-state index is 0.493. The number of anilines is 2. The molecule has 0 spiro atoms. The lowest BCUT2D eigenvalue weighted by Gasteiger charge is -2.12. The van der Waals surface area contributed by atoms with E-state index in [1.807, 2.05) is 6.92 Å². The summed E-state index contributed by atoms with van der Waals surface area (Å²) in [5.41, 5.74) is 3.25. The van der Waals surface area contributed by atoms with Gasteiger partial charge in [0, 0.05) is 17.2 Å². The topological polar surface area (TPSA) is 37.8 Å². The highest BCUT2D eigenvalue weighted by Crippen LogP contribution is 2.39. The van der Waals surface area contributed by atoms with E-state index in [1.54, 1.807) is 0 Å². The molecule has 1 aromatic carbocycles. The lowest BCUT2D eigenvalue weighted by atomic mass is 10.0. The van der Waals surface area contributed by atoms with Gasteiger partial charge >= 0.3 is 0 Å². The average molecular weight is 302 g/mol. The van der Waals surface area contributed by atoms with Crippen molar-refractivity contribution in [3.05, 3.63) is 46.4 Å². The zero-order chi connectivity index (χ0) is 15.0. The van der Waals surface area contributed by atoms with Crippen molar-refractivity contribution >= 4 is 23.1 Å². The average Bonchev–Trinajstić information content (AvgIpc) is 3.29. The van der Waals surface area contributed by atoms with Crippen LogP contribution in [0.4, 0.5) is 11.5 Å². The molecule has 4 heteroatoms. The van der Waals surface area contributed by atoms with Crippen molar-refractivity contribution in [2.24, 2.45) is 0 Å². The van der Waals surface area contributed by atoms with Crippen LogP contribution >= 0.6 is 11.6 Å². The monoisotopic (exact) mass is 301 g/mol. The van der Waals surface area contributed by atoms with Crippen LogP contribution in [0.5, 0.6) is 0 Å². The Hall–Kier alpha value is -1.61. The van der Waals surface area contributed by atoms with E-state index in [-0.39, 0.29) is 0 Å². The Balaban J connectivity index is 1.86. The summed E-state index contributed by atoms with van der Waals surface area (Å²) in [6.07, 6.45) is 2.34. The largest absolute Gasteiger partial charge is 0.340 e. The molecule has 1 N–H and O–H groups in total. The highest BCUT2D eigenvalue weighted by molar-refractivity contribution is 6.30. The normalized spacial score (nSPS) is 14.5. The summed E-state index contributed by atoms with van der Waals surface area (Å²) in [6, 6.07) is 8.46. The Morgan fingerprint density at radius 3 is 2.38 bits per heavy atom. The van der Waals surface area contributed by atoms with Crippen molar-refractivity contribution < 1.29 is 0 Å². The molecule has 1 saturated carbocycles. The fourth-order valence-electron chi connectivity index (χ4n) is 2.24. The van der Waals surface area contributed by atoms with Gasteiger partial charge in [-0.3, -0.25) is 0 Å². The van der Waals surface area contributed by atoms with E-state index >= 15 is 0 Å². The highest BCUT2D eigenvalue weighted by atomic mass is 35.5. The molecule has 0 unspecified atom stereocenters. The Morgan fingerprint density at radius 1 is 1.14 bits per heavy atom. The summed E-state index contributed by atoms with van der Waals surface area (Å²) in [6.45, 7) is 6.33. The van der Waals surface area contributed by atoms with Crippen molar-refractivity contribution in [3.63, 3.8) is 0 Å². The van der Waals surface area contributed by atoms with Gasteiger partial charge in [-0.05, 0) is 43.4 Å². The van der Waals surface area contributed by atoms with Crippen LogP contribution in [0.2, 0.25) is 5.15 Å². The molecule has 21 heavy (non-hydrogen) atoms. The van der Waals surface area contributed by atoms with Gasteiger partial charge in [-0.2, -0.15) is 0 Å². The zero-order valence-electron chi connectivity index (χ0n) is 12.7. The van der Waals surface area contributed by atoms with Gasteiger partial charge in [0.2, 0.25) is 0 Å². The Morgan fingerprint density at radius 2 is 1.81 bits per heavy atom. The summed E-state index contributed by atoms with van der Waals surface area (Å²) in [4.78, 5) is 9.03. The fraction of sp³-hybridized carbons (Fsp3) is 0.412. The van der Waals surface area contributed by atoms with Crippen molar-refractivity contribution in [1.82, 2.24) is 9.97 Å². The van der Waals surface area contributed by atoms with E-state index in [9.17, 15) is 0 Å². The first kappa shape index (κ1) is 14.3. The molecule has 1 aliphatic carbocycles. The maximum atomic E-state index is 6.23. The van der Waals surface area contributed by atoms with Crippen molar-refractivity contribution in [1.29, 1.82) is 0 Å². The molecule has 1 aromatic heterocycles. The predicted molar refractivity (Wildman–Crippen MR) is 87.6 cm³/mol. The number of nitrogens with zero attached hydrogens (tertiary/aromatic N) is 2. The van der Waals surface area contributed by atoms with Gasteiger partial charge in [0.1, 0.15) is 16.8 Å². The molecule has 0 aliphatic heterocycles. The fourth-order valence-corrected chi connectivity index (χ4v) is 2.42. The Bertz CT molecular complexity index is 646. The molecule has 2 aromatic rings. The maximum absolute atomic E-state index is 6.23. The number of aromatic nitrogens is 2. The van der Waals surface area contributed by atoms with Crippen LogP contribution in [-0.2, 0) is 0 Å². The van der Waals surface area contributed by atoms with Gasteiger partial charge in [-0.15, -0.1) is 0 Å². The SMILES string of the molecule is Cc1c(Cl)nc(C2CC2)nc1Nc1ccc(C(C)C)cc1. The van der Waals surface area contributed by atoms with Crippen LogP contribution in [-0.4, -0.2) is 9.97 Å². The second-order valence-corrected chi connectivity index (χ2v) is 6.38. The van der Waals surface area contributed by atoms with Crippen molar-refractivity contribution in [2.45, 2.75) is 45.4 Å². The molecule has 0 radical (unpaired) electrons. The smallest absolute Gasteiger partial charge is 0.138 e. The number of halogens is 1. The van der Waals surface area contributed by atoms with Gasteiger partial charge in [0.05, 0.1) is 0 Å². The third-order valence-corrected chi connectivity index (χ3v) is 4.25. The third kappa shape index (κ3) is 3.18. The van der Waals surface area contributed by atoms with Crippen LogP contribution in [0, 0.1) is 6.92 Å². The van der Waals surface area contributed by atoms with E-state index in [2.05, 4.69) is 53.4 Å². The molecule has 0 saturated heterocycles. The number of benzene rings is 1. The van der Waals surface area contributed by atoms with Crippen LogP contribution in [0.25, 0.3) is 0 Å². The number of rotatable bonds is 4. The molecule has 1 heterocycles. The lowest BCUT2D eigenvalue weighted by Crippen LogP contribution is -2.03. The van der Waals surface area contributed by atoms with E-state index in [0.29, 0.717) is 17.0 Å². The summed E-state index contributed by atoms with van der Waals surface area (Å²) < 4.78 is 0. The third-order valence-electron chi connectivity index (χ3n) is 3.89. The minimum atomic E-state index is 0.493. The first-order chi connectivity index (χ1) is 10.0.